The van der Waals surface area contributed by atoms with Crippen LogP contribution in [-0.4, -0.2) is 29.5 Å². The summed E-state index contributed by atoms with van der Waals surface area (Å²) in [7, 11) is 1.83. The maximum Gasteiger partial charge on any atom is 0.229 e. The van der Waals surface area contributed by atoms with Crippen molar-refractivity contribution >= 4 is 22.7 Å². The third-order valence-corrected chi connectivity index (χ3v) is 3.32. The Labute approximate surface area is 130 Å². The van der Waals surface area contributed by atoms with Gasteiger partial charge in [-0.3, -0.25) is 4.68 Å². The first-order valence-electron chi connectivity index (χ1n) is 6.91. The number of aryl methyl sites for hydroxylation is 1. The molecule has 4 aromatic rings. The van der Waals surface area contributed by atoms with E-state index in [2.05, 4.69) is 25.5 Å². The predicted molar refractivity (Wildman–Crippen MR) is 83.1 cm³/mol. The van der Waals surface area contributed by atoms with Gasteiger partial charge < -0.3 is 5.32 Å². The molecule has 0 atom stereocenters. The van der Waals surface area contributed by atoms with Crippen molar-refractivity contribution in [3.05, 3.63) is 54.9 Å². The molecule has 8 heteroatoms. The first-order chi connectivity index (χ1) is 11.2. The molecular formula is C15H12FN7. The Kier molecular flexibility index (Phi) is 3.00. The van der Waals surface area contributed by atoms with Crippen LogP contribution in [0.15, 0.2) is 49.1 Å². The number of nitrogens with zero attached hydrogens (tertiary/aromatic N) is 6. The molecule has 0 aliphatic carbocycles. The van der Waals surface area contributed by atoms with Crippen LogP contribution in [0, 0.1) is 5.82 Å². The molecule has 0 saturated heterocycles. The molecule has 0 radical (unpaired) electrons. The second-order valence-corrected chi connectivity index (χ2v) is 5.04. The minimum absolute atomic E-state index is 0.325. The molecule has 0 amide bonds. The van der Waals surface area contributed by atoms with E-state index in [0.29, 0.717) is 17.3 Å². The fraction of sp³-hybridized carbons (Fsp3) is 0.0667. The highest BCUT2D eigenvalue weighted by atomic mass is 19.1. The molecule has 0 fully saturated rings. The number of rotatable bonds is 3. The van der Waals surface area contributed by atoms with Crippen molar-refractivity contribution in [2.45, 2.75) is 0 Å². The van der Waals surface area contributed by atoms with Crippen molar-refractivity contribution in [3.63, 3.8) is 0 Å². The molecule has 3 aromatic heterocycles. The fourth-order valence-corrected chi connectivity index (χ4v) is 2.29. The molecule has 4 rings (SSSR count). The first-order valence-corrected chi connectivity index (χ1v) is 6.91. The molecule has 7 nitrogen and oxygen atoms in total. The minimum Gasteiger partial charge on any atom is -0.321 e. The lowest BCUT2D eigenvalue weighted by Gasteiger charge is -2.05. The molecule has 0 bridgehead atoms. The van der Waals surface area contributed by atoms with Crippen LogP contribution in [0.5, 0.6) is 0 Å². The Balaban J connectivity index is 1.77. The number of halogens is 1. The highest BCUT2D eigenvalue weighted by molar-refractivity contribution is 5.76. The van der Waals surface area contributed by atoms with Gasteiger partial charge in [0.1, 0.15) is 5.82 Å². The van der Waals surface area contributed by atoms with Crippen LogP contribution >= 0.6 is 0 Å². The molecule has 0 aliphatic heterocycles. The van der Waals surface area contributed by atoms with Crippen LogP contribution in [0.4, 0.5) is 16.0 Å². The summed E-state index contributed by atoms with van der Waals surface area (Å²) in [6, 6.07) is 6.20. The maximum atomic E-state index is 13.4. The Bertz CT molecular complexity index is 988. The molecule has 1 aromatic carbocycles. The molecule has 3 heterocycles. The zero-order chi connectivity index (χ0) is 15.8. The number of anilines is 2. The van der Waals surface area contributed by atoms with Crippen LogP contribution in [0.3, 0.4) is 0 Å². The van der Waals surface area contributed by atoms with Crippen LogP contribution < -0.4 is 5.32 Å². The van der Waals surface area contributed by atoms with E-state index in [1.165, 1.54) is 12.1 Å². The minimum atomic E-state index is -0.325. The van der Waals surface area contributed by atoms with E-state index in [4.69, 9.17) is 0 Å². The highest BCUT2D eigenvalue weighted by Crippen LogP contribution is 2.19. The van der Waals surface area contributed by atoms with Gasteiger partial charge in [-0.1, -0.05) is 6.07 Å². The van der Waals surface area contributed by atoms with Crippen molar-refractivity contribution in [2.24, 2.45) is 7.05 Å². The van der Waals surface area contributed by atoms with E-state index in [9.17, 15) is 4.39 Å². The number of aromatic nitrogens is 6. The maximum absolute atomic E-state index is 13.4. The fourth-order valence-electron chi connectivity index (χ4n) is 2.29. The smallest absolute Gasteiger partial charge is 0.229 e. The molecule has 0 aliphatic rings. The Hall–Kier alpha value is -3.29. The lowest BCUT2D eigenvalue weighted by molar-refractivity contribution is 0.625. The third kappa shape index (κ3) is 2.50. The molecule has 0 saturated carbocycles. The summed E-state index contributed by atoms with van der Waals surface area (Å²) >= 11 is 0. The van der Waals surface area contributed by atoms with Gasteiger partial charge in [0, 0.05) is 19.4 Å². The van der Waals surface area contributed by atoms with Crippen molar-refractivity contribution in [2.75, 3.05) is 5.32 Å². The summed E-state index contributed by atoms with van der Waals surface area (Å²) in [5, 5.41) is 12.2. The van der Waals surface area contributed by atoms with Gasteiger partial charge >= 0.3 is 0 Å². The SMILES string of the molecule is Cn1cc(Nc2ncc3cnn(-c4cccc(F)c4)c3n2)cn1. The second kappa shape index (κ2) is 5.16. The Morgan fingerprint density at radius 2 is 2.04 bits per heavy atom. The van der Waals surface area contributed by atoms with Gasteiger partial charge in [-0.05, 0) is 18.2 Å². The number of benzene rings is 1. The molecule has 0 unspecified atom stereocenters. The number of fused-ring (bicyclic) bond motifs is 1. The van der Waals surface area contributed by atoms with Gasteiger partial charge in [0.2, 0.25) is 5.95 Å². The first kappa shape index (κ1) is 13.4. The summed E-state index contributed by atoms with van der Waals surface area (Å²) in [5.74, 6) is 0.0950. The standard InChI is InChI=1S/C15H12FN7/c1-22-9-12(8-18-22)20-15-17-6-10-7-19-23(14(10)21-15)13-4-2-3-11(16)5-13/h2-9H,1H3,(H,17,20,21). The van der Waals surface area contributed by atoms with Gasteiger partial charge in [-0.15, -0.1) is 0 Å². The van der Waals surface area contributed by atoms with Gasteiger partial charge in [0.05, 0.1) is 29.2 Å². The summed E-state index contributed by atoms with van der Waals surface area (Å²) in [6.45, 7) is 0. The average molecular weight is 309 g/mol. The van der Waals surface area contributed by atoms with Gasteiger partial charge in [0.25, 0.3) is 0 Å². The van der Waals surface area contributed by atoms with Crippen LogP contribution in [0.1, 0.15) is 0 Å². The van der Waals surface area contributed by atoms with Crippen molar-refractivity contribution in [1.29, 1.82) is 0 Å². The van der Waals surface area contributed by atoms with E-state index < -0.39 is 0 Å². The van der Waals surface area contributed by atoms with Crippen LogP contribution in [0.2, 0.25) is 0 Å². The van der Waals surface area contributed by atoms with E-state index in [1.54, 1.807) is 40.1 Å². The lowest BCUT2D eigenvalue weighted by atomic mass is 10.3. The second-order valence-electron chi connectivity index (χ2n) is 5.04. The summed E-state index contributed by atoms with van der Waals surface area (Å²) in [4.78, 5) is 8.71. The monoisotopic (exact) mass is 309 g/mol. The van der Waals surface area contributed by atoms with Gasteiger partial charge in [0.15, 0.2) is 5.65 Å². The van der Waals surface area contributed by atoms with Crippen LogP contribution in [-0.2, 0) is 7.05 Å². The number of hydrogen-bond acceptors (Lipinski definition) is 5. The van der Waals surface area contributed by atoms with E-state index in [-0.39, 0.29) is 5.82 Å². The summed E-state index contributed by atoms with van der Waals surface area (Å²) in [5.41, 5.74) is 1.98. The molecule has 0 spiro atoms. The third-order valence-electron chi connectivity index (χ3n) is 3.32. The molecule has 114 valence electrons. The quantitative estimate of drug-likeness (QED) is 0.629. The molecular weight excluding hydrogens is 297 g/mol. The molecule has 1 N–H and O–H groups in total. The van der Waals surface area contributed by atoms with E-state index in [1.807, 2.05) is 13.2 Å². The topological polar surface area (TPSA) is 73.5 Å². The zero-order valence-electron chi connectivity index (χ0n) is 12.2. The normalized spacial score (nSPS) is 11.0. The zero-order valence-corrected chi connectivity index (χ0v) is 12.2. The van der Waals surface area contributed by atoms with E-state index in [0.717, 1.165) is 11.1 Å². The summed E-state index contributed by atoms with van der Waals surface area (Å²) < 4.78 is 16.7. The predicted octanol–water partition coefficient (Wildman–Crippen LogP) is 2.43. The largest absolute Gasteiger partial charge is 0.321 e. The van der Waals surface area contributed by atoms with Crippen molar-refractivity contribution < 1.29 is 4.39 Å². The number of hydrogen-bond donors (Lipinski definition) is 1. The Morgan fingerprint density at radius 3 is 2.83 bits per heavy atom. The van der Waals surface area contributed by atoms with E-state index >= 15 is 0 Å². The lowest BCUT2D eigenvalue weighted by Crippen LogP contribution is -2.01. The molecule has 23 heavy (non-hydrogen) atoms. The average Bonchev–Trinajstić information content (AvgIpc) is 3.13. The van der Waals surface area contributed by atoms with Gasteiger partial charge in [-0.2, -0.15) is 15.2 Å². The van der Waals surface area contributed by atoms with Gasteiger partial charge in [-0.25, -0.2) is 14.1 Å². The van der Waals surface area contributed by atoms with Crippen LogP contribution in [0.25, 0.3) is 16.7 Å². The summed E-state index contributed by atoms with van der Waals surface area (Å²) in [6.07, 6.45) is 6.81. The Morgan fingerprint density at radius 1 is 1.13 bits per heavy atom. The highest BCUT2D eigenvalue weighted by Gasteiger charge is 2.09. The van der Waals surface area contributed by atoms with Crippen molar-refractivity contribution in [1.82, 2.24) is 29.5 Å². The number of nitrogens with one attached hydrogen (secondary N) is 1. The van der Waals surface area contributed by atoms with Crippen molar-refractivity contribution in [3.8, 4) is 5.69 Å².